The number of benzene rings is 1. The molecule has 0 unspecified atom stereocenters. The Morgan fingerprint density at radius 1 is 1.24 bits per heavy atom. The number of aromatic nitrogens is 2. The Hall–Kier alpha value is -1.09. The summed E-state index contributed by atoms with van der Waals surface area (Å²) in [6.45, 7) is 0.448. The van der Waals surface area contributed by atoms with Crippen molar-refractivity contribution in [2.24, 2.45) is 0 Å². The smallest absolute Gasteiger partial charge is 0.260 e. The number of nitrogens with zero attached hydrogens (tertiary/aromatic N) is 3. The van der Waals surface area contributed by atoms with E-state index >= 15 is 0 Å². The van der Waals surface area contributed by atoms with E-state index in [9.17, 15) is 9.59 Å². The Morgan fingerprint density at radius 3 is 2.64 bits per heavy atom. The maximum absolute atomic E-state index is 12.9. The molecule has 0 saturated carbocycles. The number of likely N-dealkylation sites (tertiary alicyclic amines) is 1. The van der Waals surface area contributed by atoms with Crippen LogP contribution in [0.15, 0.2) is 32.9 Å². The predicted molar refractivity (Wildman–Crippen MR) is 103 cm³/mol. The van der Waals surface area contributed by atoms with Gasteiger partial charge in [-0.25, -0.2) is 0 Å². The highest BCUT2D eigenvalue weighted by Crippen LogP contribution is 2.34. The molecule has 1 aromatic carbocycles. The topological polar surface area (TPSA) is 63.2 Å². The van der Waals surface area contributed by atoms with Gasteiger partial charge in [-0.1, -0.05) is 52.9 Å². The monoisotopic (exact) mass is 413 g/mol. The molecular weight excluding hydrogens is 398 g/mol. The second-order valence-electron chi connectivity index (χ2n) is 5.44. The fourth-order valence-electron chi connectivity index (χ4n) is 2.52. The number of carbonyl (C=O) groups is 2. The molecule has 9 heteroatoms. The van der Waals surface area contributed by atoms with Gasteiger partial charge in [-0.2, -0.15) is 0 Å². The summed E-state index contributed by atoms with van der Waals surface area (Å²) in [5.41, 5.74) is 0.476. The number of carbonyl (C=O) groups excluding carboxylic acids is 2. The van der Waals surface area contributed by atoms with E-state index in [-0.39, 0.29) is 17.1 Å². The van der Waals surface area contributed by atoms with Gasteiger partial charge in [0.1, 0.15) is 0 Å². The summed E-state index contributed by atoms with van der Waals surface area (Å²) in [6.07, 6.45) is 4.40. The number of rotatable bonds is 4. The highest BCUT2D eigenvalue weighted by molar-refractivity contribution is 8.03. The van der Waals surface area contributed by atoms with E-state index in [0.717, 1.165) is 27.9 Å². The van der Waals surface area contributed by atoms with Gasteiger partial charge in [0.25, 0.3) is 5.91 Å². The van der Waals surface area contributed by atoms with Crippen LogP contribution < -0.4 is 0 Å². The van der Waals surface area contributed by atoms with Crippen LogP contribution in [0, 0.1) is 0 Å². The van der Waals surface area contributed by atoms with Crippen molar-refractivity contribution in [1.82, 2.24) is 15.1 Å². The molecule has 0 bridgehead atoms. The molecule has 0 radical (unpaired) electrons. The largest absolute Gasteiger partial charge is 0.278 e. The lowest BCUT2D eigenvalue weighted by molar-refractivity contribution is -0.127. The minimum atomic E-state index is -0.304. The minimum Gasteiger partial charge on any atom is -0.278 e. The molecule has 2 heterocycles. The van der Waals surface area contributed by atoms with E-state index in [4.69, 9.17) is 11.6 Å². The Labute approximate surface area is 163 Å². The second kappa shape index (κ2) is 8.53. The number of imide groups is 1. The summed E-state index contributed by atoms with van der Waals surface area (Å²) in [5, 5.41) is 8.45. The zero-order valence-corrected chi connectivity index (χ0v) is 16.7. The first kappa shape index (κ1) is 18.7. The average Bonchev–Trinajstić information content (AvgIpc) is 3.00. The number of amides is 2. The van der Waals surface area contributed by atoms with E-state index < -0.39 is 0 Å². The van der Waals surface area contributed by atoms with Crippen LogP contribution in [0.2, 0.25) is 5.02 Å². The molecule has 1 atom stereocenters. The zero-order valence-electron chi connectivity index (χ0n) is 13.5. The molecular formula is C16H16ClN3O2S3. The molecule has 1 fully saturated rings. The Balaban J connectivity index is 1.76. The highest BCUT2D eigenvalue weighted by Gasteiger charge is 2.32. The van der Waals surface area contributed by atoms with Gasteiger partial charge in [-0.15, -0.1) is 10.2 Å². The summed E-state index contributed by atoms with van der Waals surface area (Å²) >= 11 is 10.3. The number of hydrogen-bond donors (Lipinski definition) is 0. The quantitative estimate of drug-likeness (QED) is 0.552. The number of thioether (sulfide) groups is 2. The summed E-state index contributed by atoms with van der Waals surface area (Å²) in [4.78, 5) is 27.0. The molecule has 1 aliphatic rings. The van der Waals surface area contributed by atoms with Crippen LogP contribution in [0.1, 0.15) is 29.6 Å². The third-order valence-corrected chi connectivity index (χ3v) is 7.27. The van der Waals surface area contributed by atoms with Gasteiger partial charge >= 0.3 is 0 Å². The third kappa shape index (κ3) is 4.55. The number of hydrogen-bond acceptors (Lipinski definition) is 7. The van der Waals surface area contributed by atoms with Crippen molar-refractivity contribution < 1.29 is 9.59 Å². The van der Waals surface area contributed by atoms with Crippen molar-refractivity contribution in [3.05, 3.63) is 34.9 Å². The normalized spacial score (nSPS) is 18.2. The molecule has 2 aromatic rings. The summed E-state index contributed by atoms with van der Waals surface area (Å²) in [5.74, 6) is -0.417. The molecule has 0 spiro atoms. The number of halogens is 1. The molecule has 1 aromatic heterocycles. The van der Waals surface area contributed by atoms with E-state index in [1.54, 1.807) is 24.3 Å². The Morgan fingerprint density at radius 2 is 1.96 bits per heavy atom. The van der Waals surface area contributed by atoms with Crippen molar-refractivity contribution in [2.45, 2.75) is 33.2 Å². The Kier molecular flexibility index (Phi) is 6.38. The first-order valence-corrected chi connectivity index (χ1v) is 11.0. The molecule has 1 aliphatic heterocycles. The van der Waals surface area contributed by atoms with Crippen LogP contribution in [0.5, 0.6) is 0 Å². The van der Waals surface area contributed by atoms with Gasteiger partial charge in [-0.05, 0) is 43.4 Å². The zero-order chi connectivity index (χ0) is 17.8. The summed E-state index contributed by atoms with van der Waals surface area (Å²) < 4.78 is 1.64. The molecule has 0 N–H and O–H groups in total. The first-order chi connectivity index (χ1) is 12.1. The van der Waals surface area contributed by atoms with Gasteiger partial charge in [-0.3, -0.25) is 14.5 Å². The van der Waals surface area contributed by atoms with E-state index in [1.165, 1.54) is 39.8 Å². The Bertz CT molecular complexity index is 766. The fourth-order valence-corrected chi connectivity index (χ4v) is 5.43. The molecule has 5 nitrogen and oxygen atoms in total. The van der Waals surface area contributed by atoms with Crippen LogP contribution in [0.4, 0.5) is 0 Å². The summed E-state index contributed by atoms with van der Waals surface area (Å²) in [6, 6.07) is 6.63. The average molecular weight is 414 g/mol. The SMILES string of the molecule is CSc1nnc(S[C@@H]2CCCCN(C(=O)c3ccc(Cl)cc3)C2=O)s1. The molecule has 0 aliphatic carbocycles. The fraction of sp³-hybridized carbons (Fsp3) is 0.375. The second-order valence-corrected chi connectivity index (χ2v) is 9.36. The van der Waals surface area contributed by atoms with Crippen molar-refractivity contribution in [2.75, 3.05) is 12.8 Å². The van der Waals surface area contributed by atoms with Crippen LogP contribution >= 0.6 is 46.5 Å². The van der Waals surface area contributed by atoms with Crippen molar-refractivity contribution >= 4 is 58.3 Å². The van der Waals surface area contributed by atoms with Gasteiger partial charge < -0.3 is 0 Å². The molecule has 132 valence electrons. The van der Waals surface area contributed by atoms with Crippen molar-refractivity contribution in [3.8, 4) is 0 Å². The van der Waals surface area contributed by atoms with Crippen LogP contribution in [-0.2, 0) is 4.79 Å². The van der Waals surface area contributed by atoms with Crippen molar-refractivity contribution in [3.63, 3.8) is 0 Å². The van der Waals surface area contributed by atoms with E-state index in [1.807, 2.05) is 6.26 Å². The molecule has 3 rings (SSSR count). The maximum Gasteiger partial charge on any atom is 0.260 e. The third-order valence-electron chi connectivity index (χ3n) is 3.78. The standard InChI is InChI=1S/C16H16ClN3O2S3/c1-23-15-18-19-16(25-15)24-12-4-2-3-9-20(14(12)22)13(21)10-5-7-11(17)8-6-10/h5-8,12H,2-4,9H2,1H3/t12-/m1/s1. The lowest BCUT2D eigenvalue weighted by Crippen LogP contribution is -2.41. The highest BCUT2D eigenvalue weighted by atomic mass is 35.5. The molecule has 1 saturated heterocycles. The first-order valence-electron chi connectivity index (χ1n) is 7.74. The molecule has 25 heavy (non-hydrogen) atoms. The minimum absolute atomic E-state index is 0.150. The van der Waals surface area contributed by atoms with Crippen LogP contribution in [-0.4, -0.2) is 45.0 Å². The van der Waals surface area contributed by atoms with Gasteiger partial charge in [0.15, 0.2) is 8.68 Å². The predicted octanol–water partition coefficient (Wildman–Crippen LogP) is 4.23. The molecule has 2 amide bonds. The van der Waals surface area contributed by atoms with Gasteiger partial charge in [0, 0.05) is 17.1 Å². The van der Waals surface area contributed by atoms with Crippen molar-refractivity contribution in [1.29, 1.82) is 0 Å². The lowest BCUT2D eigenvalue weighted by Gasteiger charge is -2.22. The lowest BCUT2D eigenvalue weighted by atomic mass is 10.2. The maximum atomic E-state index is 12.9. The van der Waals surface area contributed by atoms with Gasteiger partial charge in [0.2, 0.25) is 5.91 Å². The van der Waals surface area contributed by atoms with E-state index in [2.05, 4.69) is 10.2 Å². The van der Waals surface area contributed by atoms with E-state index in [0.29, 0.717) is 17.1 Å². The van der Waals surface area contributed by atoms with Gasteiger partial charge in [0.05, 0.1) is 5.25 Å². The van der Waals surface area contributed by atoms with Crippen LogP contribution in [0.25, 0.3) is 0 Å². The summed E-state index contributed by atoms with van der Waals surface area (Å²) in [7, 11) is 0. The van der Waals surface area contributed by atoms with Crippen LogP contribution in [0.3, 0.4) is 0 Å².